The van der Waals surface area contributed by atoms with E-state index in [0.717, 1.165) is 6.42 Å². The van der Waals surface area contributed by atoms with Crippen LogP contribution in [0.4, 0.5) is 0 Å². The number of ether oxygens (including phenoxy) is 2. The van der Waals surface area contributed by atoms with Crippen LogP contribution in [0.5, 0.6) is 11.8 Å². The summed E-state index contributed by atoms with van der Waals surface area (Å²) in [6.07, 6.45) is 4.02. The predicted molar refractivity (Wildman–Crippen MR) is 92.4 cm³/mol. The van der Waals surface area contributed by atoms with Crippen LogP contribution in [0, 0.1) is 0 Å². The number of piperidine rings is 1. The third kappa shape index (κ3) is 4.20. The molecule has 0 amide bonds. The van der Waals surface area contributed by atoms with Gasteiger partial charge < -0.3 is 9.47 Å². The van der Waals surface area contributed by atoms with Gasteiger partial charge in [0.2, 0.25) is 10.0 Å². The highest BCUT2D eigenvalue weighted by Gasteiger charge is 2.31. The molecule has 0 aliphatic carbocycles. The van der Waals surface area contributed by atoms with Crippen LogP contribution >= 0.6 is 11.6 Å². The third-order valence-electron chi connectivity index (χ3n) is 3.91. The SMILES string of the molecule is COc1ccc(S(=O)(=O)N2CCCC(Oc3ncc(Cl)cn3)C2)cc1. The molecule has 0 bridgehead atoms. The van der Waals surface area contributed by atoms with Crippen molar-refractivity contribution < 1.29 is 17.9 Å². The molecule has 3 rings (SSSR count). The van der Waals surface area contributed by atoms with Gasteiger partial charge in [0.1, 0.15) is 11.9 Å². The molecule has 2 aromatic rings. The summed E-state index contributed by atoms with van der Waals surface area (Å²) >= 11 is 5.75. The Labute approximate surface area is 151 Å². The average molecular weight is 384 g/mol. The lowest BCUT2D eigenvalue weighted by atomic mass is 10.1. The molecular weight excluding hydrogens is 366 g/mol. The maximum atomic E-state index is 12.8. The summed E-state index contributed by atoms with van der Waals surface area (Å²) in [4.78, 5) is 8.21. The van der Waals surface area contributed by atoms with Gasteiger partial charge in [-0.15, -0.1) is 0 Å². The summed E-state index contributed by atoms with van der Waals surface area (Å²) in [6.45, 7) is 0.704. The van der Waals surface area contributed by atoms with Crippen molar-refractivity contribution in [3.8, 4) is 11.8 Å². The Bertz CT molecular complexity index is 812. The Kier molecular flexibility index (Phi) is 5.41. The molecule has 1 aromatic carbocycles. The molecule has 1 saturated heterocycles. The second kappa shape index (κ2) is 7.55. The molecule has 1 aliphatic rings. The van der Waals surface area contributed by atoms with Gasteiger partial charge in [0.25, 0.3) is 0 Å². The lowest BCUT2D eigenvalue weighted by molar-refractivity contribution is 0.119. The Morgan fingerprint density at radius 1 is 1.20 bits per heavy atom. The summed E-state index contributed by atoms with van der Waals surface area (Å²) in [7, 11) is -2.05. The van der Waals surface area contributed by atoms with Crippen molar-refractivity contribution in [1.29, 1.82) is 0 Å². The molecule has 134 valence electrons. The van der Waals surface area contributed by atoms with Gasteiger partial charge in [-0.3, -0.25) is 0 Å². The minimum absolute atomic E-state index is 0.193. The molecule has 7 nitrogen and oxygen atoms in total. The summed E-state index contributed by atoms with van der Waals surface area (Å²) in [5.74, 6) is 0.610. The Balaban J connectivity index is 1.71. The van der Waals surface area contributed by atoms with Gasteiger partial charge in [-0.1, -0.05) is 11.6 Å². The minimum Gasteiger partial charge on any atom is -0.497 e. The number of hydrogen-bond acceptors (Lipinski definition) is 6. The van der Waals surface area contributed by atoms with E-state index in [1.165, 1.54) is 23.8 Å². The van der Waals surface area contributed by atoms with Crippen molar-refractivity contribution in [3.05, 3.63) is 41.7 Å². The first-order valence-corrected chi connectivity index (χ1v) is 9.59. The first kappa shape index (κ1) is 17.9. The van der Waals surface area contributed by atoms with Gasteiger partial charge in [0.15, 0.2) is 0 Å². The van der Waals surface area contributed by atoms with Gasteiger partial charge in [-0.2, -0.15) is 4.31 Å². The Morgan fingerprint density at radius 3 is 2.52 bits per heavy atom. The number of rotatable bonds is 5. The van der Waals surface area contributed by atoms with Crippen LogP contribution in [0.3, 0.4) is 0 Å². The highest BCUT2D eigenvalue weighted by molar-refractivity contribution is 7.89. The summed E-state index contributed by atoms with van der Waals surface area (Å²) < 4.78 is 37.8. The van der Waals surface area contributed by atoms with Crippen LogP contribution in [0.2, 0.25) is 5.02 Å². The quantitative estimate of drug-likeness (QED) is 0.788. The van der Waals surface area contributed by atoms with Crippen LogP contribution in [0.15, 0.2) is 41.6 Å². The molecule has 1 aliphatic heterocycles. The zero-order valence-electron chi connectivity index (χ0n) is 13.6. The average Bonchev–Trinajstić information content (AvgIpc) is 2.64. The smallest absolute Gasteiger partial charge is 0.316 e. The number of sulfonamides is 1. The van der Waals surface area contributed by atoms with Crippen molar-refractivity contribution >= 4 is 21.6 Å². The van der Waals surface area contributed by atoms with E-state index in [-0.39, 0.29) is 23.6 Å². The van der Waals surface area contributed by atoms with Gasteiger partial charge in [0, 0.05) is 6.54 Å². The molecule has 1 unspecified atom stereocenters. The first-order valence-electron chi connectivity index (χ1n) is 7.77. The zero-order chi connectivity index (χ0) is 17.9. The van der Waals surface area contributed by atoms with Crippen LogP contribution in [-0.4, -0.2) is 49.0 Å². The van der Waals surface area contributed by atoms with E-state index in [0.29, 0.717) is 23.7 Å². The van der Waals surface area contributed by atoms with E-state index >= 15 is 0 Å². The van der Waals surface area contributed by atoms with Crippen molar-refractivity contribution in [2.75, 3.05) is 20.2 Å². The molecule has 9 heteroatoms. The topological polar surface area (TPSA) is 81.6 Å². The van der Waals surface area contributed by atoms with E-state index in [9.17, 15) is 8.42 Å². The van der Waals surface area contributed by atoms with Crippen molar-refractivity contribution in [2.24, 2.45) is 0 Å². The second-order valence-corrected chi connectivity index (χ2v) is 7.98. The zero-order valence-corrected chi connectivity index (χ0v) is 15.2. The van der Waals surface area contributed by atoms with Gasteiger partial charge in [-0.05, 0) is 37.1 Å². The van der Waals surface area contributed by atoms with Crippen LogP contribution in [-0.2, 0) is 10.0 Å². The largest absolute Gasteiger partial charge is 0.497 e. The van der Waals surface area contributed by atoms with Crippen molar-refractivity contribution in [2.45, 2.75) is 23.8 Å². The van der Waals surface area contributed by atoms with Gasteiger partial charge in [-0.25, -0.2) is 18.4 Å². The predicted octanol–water partition coefficient (Wildman–Crippen LogP) is 2.37. The normalized spacial score (nSPS) is 18.7. The number of aromatic nitrogens is 2. The highest BCUT2D eigenvalue weighted by Crippen LogP contribution is 2.24. The number of benzene rings is 1. The van der Waals surface area contributed by atoms with Crippen LogP contribution < -0.4 is 9.47 Å². The molecule has 1 aromatic heterocycles. The number of halogens is 1. The lowest BCUT2D eigenvalue weighted by Crippen LogP contribution is -2.44. The van der Waals surface area contributed by atoms with E-state index in [1.807, 2.05) is 0 Å². The molecule has 2 heterocycles. The monoisotopic (exact) mass is 383 g/mol. The molecule has 0 saturated carbocycles. The molecule has 0 N–H and O–H groups in total. The molecule has 0 spiro atoms. The Morgan fingerprint density at radius 2 is 1.88 bits per heavy atom. The molecule has 1 fully saturated rings. The molecule has 1 atom stereocenters. The Hall–Kier alpha value is -1.90. The molecule has 25 heavy (non-hydrogen) atoms. The summed E-state index contributed by atoms with van der Waals surface area (Å²) in [6, 6.07) is 6.54. The summed E-state index contributed by atoms with van der Waals surface area (Å²) in [5, 5.41) is 0.416. The van der Waals surface area contributed by atoms with E-state index in [1.54, 1.807) is 24.3 Å². The first-order chi connectivity index (χ1) is 12.0. The van der Waals surface area contributed by atoms with E-state index < -0.39 is 10.0 Å². The van der Waals surface area contributed by atoms with E-state index in [4.69, 9.17) is 21.1 Å². The standard InChI is InChI=1S/C16H18ClN3O4S/c1-23-13-4-6-15(7-5-13)25(21,22)20-8-2-3-14(11-20)24-16-18-9-12(17)10-19-16/h4-7,9-10,14H,2-3,8,11H2,1H3. The molecular formula is C16H18ClN3O4S. The third-order valence-corrected chi connectivity index (χ3v) is 5.98. The van der Waals surface area contributed by atoms with E-state index in [2.05, 4.69) is 9.97 Å². The van der Waals surface area contributed by atoms with Crippen molar-refractivity contribution in [3.63, 3.8) is 0 Å². The maximum Gasteiger partial charge on any atom is 0.316 e. The van der Waals surface area contributed by atoms with Gasteiger partial charge >= 0.3 is 6.01 Å². The lowest BCUT2D eigenvalue weighted by Gasteiger charge is -2.31. The van der Waals surface area contributed by atoms with Crippen LogP contribution in [0.25, 0.3) is 0 Å². The minimum atomic E-state index is -3.58. The fourth-order valence-corrected chi connectivity index (χ4v) is 4.23. The van der Waals surface area contributed by atoms with Crippen LogP contribution in [0.1, 0.15) is 12.8 Å². The number of nitrogens with zero attached hydrogens (tertiary/aromatic N) is 3. The molecule has 0 radical (unpaired) electrons. The second-order valence-electron chi connectivity index (χ2n) is 5.60. The fourth-order valence-electron chi connectivity index (χ4n) is 2.63. The summed E-state index contributed by atoms with van der Waals surface area (Å²) in [5.41, 5.74) is 0. The van der Waals surface area contributed by atoms with Gasteiger partial charge in [0.05, 0.1) is 36.0 Å². The maximum absolute atomic E-state index is 12.8. The van der Waals surface area contributed by atoms with Crippen molar-refractivity contribution in [1.82, 2.24) is 14.3 Å². The fraction of sp³-hybridized carbons (Fsp3) is 0.375. The number of hydrogen-bond donors (Lipinski definition) is 0. The number of methoxy groups -OCH3 is 1. The highest BCUT2D eigenvalue weighted by atomic mass is 35.5.